The van der Waals surface area contributed by atoms with Crippen molar-refractivity contribution in [3.63, 3.8) is 0 Å². The van der Waals surface area contributed by atoms with Gasteiger partial charge in [-0.05, 0) is 6.07 Å². The first-order valence-corrected chi connectivity index (χ1v) is 10.1. The second-order valence-corrected chi connectivity index (χ2v) is 6.92. The van der Waals surface area contributed by atoms with Gasteiger partial charge in [0.05, 0.1) is 26.5 Å². The number of methoxy groups -OCH3 is 1. The maximum atomic E-state index is 13.5. The highest BCUT2D eigenvalue weighted by Gasteiger charge is 2.21. The Morgan fingerprint density at radius 1 is 1.15 bits per heavy atom. The van der Waals surface area contributed by atoms with Gasteiger partial charge in [-0.2, -0.15) is 4.98 Å². The van der Waals surface area contributed by atoms with E-state index in [2.05, 4.69) is 40.9 Å². The Morgan fingerprint density at radius 3 is 2.70 bits per heavy atom. The van der Waals surface area contributed by atoms with Crippen LogP contribution in [0.3, 0.4) is 0 Å². The van der Waals surface area contributed by atoms with Gasteiger partial charge < -0.3 is 30.3 Å². The Kier molecular flexibility index (Phi) is 6.69. The Morgan fingerprint density at radius 2 is 1.97 bits per heavy atom. The molecule has 1 aliphatic rings. The van der Waals surface area contributed by atoms with Crippen LogP contribution in [0, 0.1) is 5.82 Å². The highest BCUT2D eigenvalue weighted by atomic mass is 19.1. The third kappa shape index (κ3) is 5.38. The molecule has 3 N–H and O–H groups in total. The summed E-state index contributed by atoms with van der Waals surface area (Å²) in [6.07, 6.45) is 4.14. The molecule has 1 aliphatic heterocycles. The van der Waals surface area contributed by atoms with E-state index in [1.54, 1.807) is 0 Å². The number of hydrogen-bond donors (Lipinski definition) is 3. The van der Waals surface area contributed by atoms with E-state index in [4.69, 9.17) is 9.47 Å². The number of carbonyl (C=O) groups excluding carboxylic acids is 1. The van der Waals surface area contributed by atoms with Crippen LogP contribution in [0.4, 0.5) is 39.3 Å². The molecule has 1 fully saturated rings. The van der Waals surface area contributed by atoms with Crippen LogP contribution >= 0.6 is 0 Å². The summed E-state index contributed by atoms with van der Waals surface area (Å²) in [5.41, 5.74) is 0.314. The lowest BCUT2D eigenvalue weighted by Crippen LogP contribution is -2.37. The van der Waals surface area contributed by atoms with Crippen molar-refractivity contribution in [3.8, 4) is 5.75 Å². The average Bonchev–Trinajstić information content (AvgIpc) is 2.81. The lowest BCUT2D eigenvalue weighted by Gasteiger charge is -2.29. The summed E-state index contributed by atoms with van der Waals surface area (Å²) in [6.45, 7) is 3.85. The molecule has 0 unspecified atom stereocenters. The molecule has 1 amide bonds. The summed E-state index contributed by atoms with van der Waals surface area (Å²) >= 11 is 0. The molecule has 4 heterocycles. The SMILES string of the molecule is COc1c(Nc2nc(Nc3cc(F)ccn3)ncc2NC(C)=O)ncnc1N1CCOCC1. The minimum atomic E-state index is -0.456. The van der Waals surface area contributed by atoms with Gasteiger partial charge in [0.15, 0.2) is 17.5 Å². The minimum absolute atomic E-state index is 0.131. The zero-order chi connectivity index (χ0) is 23.2. The van der Waals surface area contributed by atoms with E-state index < -0.39 is 5.82 Å². The predicted molar refractivity (Wildman–Crippen MR) is 119 cm³/mol. The lowest BCUT2D eigenvalue weighted by molar-refractivity contribution is -0.114. The van der Waals surface area contributed by atoms with E-state index in [0.29, 0.717) is 49.4 Å². The van der Waals surface area contributed by atoms with Crippen molar-refractivity contribution >= 4 is 40.8 Å². The number of ether oxygens (including phenoxy) is 2. The maximum absolute atomic E-state index is 13.5. The molecule has 0 saturated carbocycles. The van der Waals surface area contributed by atoms with Crippen molar-refractivity contribution in [2.45, 2.75) is 6.92 Å². The first-order valence-electron chi connectivity index (χ1n) is 10.1. The summed E-state index contributed by atoms with van der Waals surface area (Å²) in [4.78, 5) is 35.0. The van der Waals surface area contributed by atoms with Gasteiger partial charge in [0, 0.05) is 32.3 Å². The number of amides is 1. The molecule has 0 spiro atoms. The summed E-state index contributed by atoms with van der Waals surface area (Å²) < 4.78 is 24.5. The summed E-state index contributed by atoms with van der Waals surface area (Å²) in [5, 5.41) is 8.58. The van der Waals surface area contributed by atoms with Crippen molar-refractivity contribution in [3.05, 3.63) is 36.7 Å². The van der Waals surface area contributed by atoms with Crippen LogP contribution in [0.15, 0.2) is 30.9 Å². The third-order valence-electron chi connectivity index (χ3n) is 4.60. The molecule has 4 rings (SSSR count). The van der Waals surface area contributed by atoms with Crippen molar-refractivity contribution in [1.82, 2.24) is 24.9 Å². The molecule has 0 radical (unpaired) electrons. The number of nitrogens with one attached hydrogen (secondary N) is 3. The Labute approximate surface area is 188 Å². The van der Waals surface area contributed by atoms with Crippen molar-refractivity contribution in [1.29, 1.82) is 0 Å². The van der Waals surface area contributed by atoms with Crippen LogP contribution in [0.1, 0.15) is 6.92 Å². The first kappa shape index (κ1) is 22.1. The Bertz CT molecular complexity index is 1140. The van der Waals surface area contributed by atoms with Crippen LogP contribution in [-0.4, -0.2) is 64.2 Å². The van der Waals surface area contributed by atoms with Gasteiger partial charge in [-0.15, -0.1) is 0 Å². The van der Waals surface area contributed by atoms with Gasteiger partial charge in [-0.25, -0.2) is 24.3 Å². The van der Waals surface area contributed by atoms with Gasteiger partial charge in [0.2, 0.25) is 17.6 Å². The van der Waals surface area contributed by atoms with Gasteiger partial charge in [0.1, 0.15) is 23.6 Å². The molecule has 3 aromatic rings. The van der Waals surface area contributed by atoms with E-state index in [9.17, 15) is 9.18 Å². The maximum Gasteiger partial charge on any atom is 0.230 e. The summed E-state index contributed by atoms with van der Waals surface area (Å²) in [5.74, 6) is 1.19. The number of halogens is 1. The van der Waals surface area contributed by atoms with Crippen LogP contribution in [0.5, 0.6) is 5.75 Å². The number of nitrogens with zero attached hydrogens (tertiary/aromatic N) is 6. The highest BCUT2D eigenvalue weighted by Crippen LogP contribution is 2.35. The Balaban J connectivity index is 1.67. The number of aromatic nitrogens is 5. The fourth-order valence-electron chi connectivity index (χ4n) is 3.16. The van der Waals surface area contributed by atoms with E-state index in [1.807, 2.05) is 4.90 Å². The molecule has 3 aromatic heterocycles. The molecule has 0 atom stereocenters. The molecular formula is C20H22FN9O3. The number of pyridine rings is 1. The number of morpholine rings is 1. The zero-order valence-electron chi connectivity index (χ0n) is 18.0. The van der Waals surface area contributed by atoms with Gasteiger partial charge in [-0.3, -0.25) is 4.79 Å². The lowest BCUT2D eigenvalue weighted by atomic mass is 10.3. The smallest absolute Gasteiger partial charge is 0.230 e. The molecule has 33 heavy (non-hydrogen) atoms. The normalized spacial score (nSPS) is 13.4. The van der Waals surface area contributed by atoms with E-state index in [-0.39, 0.29) is 23.5 Å². The molecule has 13 heteroatoms. The number of anilines is 6. The number of carbonyl (C=O) groups is 1. The predicted octanol–water partition coefficient (Wildman–Crippen LogP) is 2.09. The van der Waals surface area contributed by atoms with Crippen LogP contribution < -0.4 is 25.6 Å². The topological polar surface area (TPSA) is 139 Å². The van der Waals surface area contributed by atoms with E-state index >= 15 is 0 Å². The van der Waals surface area contributed by atoms with Gasteiger partial charge in [0.25, 0.3) is 0 Å². The van der Waals surface area contributed by atoms with Crippen molar-refractivity contribution in [2.24, 2.45) is 0 Å². The van der Waals surface area contributed by atoms with E-state index in [0.717, 1.165) is 0 Å². The van der Waals surface area contributed by atoms with Gasteiger partial charge >= 0.3 is 0 Å². The second kappa shape index (κ2) is 9.99. The second-order valence-electron chi connectivity index (χ2n) is 6.92. The number of rotatable bonds is 7. The standard InChI is InChI=1S/C20H22FN9O3/c1-12(31)26-14-10-23-20(27-15-9-13(21)3-4-22-15)29-17(14)28-18-16(32-2)19(25-11-24-18)30-5-7-33-8-6-30/h3-4,9-11H,5-8H2,1-2H3,(H,26,31)(H2,22,23,24,25,27,28,29). The molecule has 0 bridgehead atoms. The minimum Gasteiger partial charge on any atom is -0.490 e. The Hall–Kier alpha value is -4.13. The van der Waals surface area contributed by atoms with Crippen molar-refractivity contribution in [2.75, 3.05) is 54.3 Å². The molecule has 0 aliphatic carbocycles. The average molecular weight is 455 g/mol. The summed E-state index contributed by atoms with van der Waals surface area (Å²) in [6, 6.07) is 2.44. The van der Waals surface area contributed by atoms with Crippen molar-refractivity contribution < 1.29 is 18.7 Å². The van der Waals surface area contributed by atoms with Crippen LogP contribution in [0.25, 0.3) is 0 Å². The largest absolute Gasteiger partial charge is 0.490 e. The quantitative estimate of drug-likeness (QED) is 0.482. The fraction of sp³-hybridized carbons (Fsp3) is 0.300. The first-order chi connectivity index (χ1) is 16.0. The molecule has 12 nitrogen and oxygen atoms in total. The monoisotopic (exact) mass is 455 g/mol. The summed E-state index contributed by atoms with van der Waals surface area (Å²) in [7, 11) is 1.52. The van der Waals surface area contributed by atoms with Crippen LogP contribution in [-0.2, 0) is 9.53 Å². The molecular weight excluding hydrogens is 433 g/mol. The molecule has 1 saturated heterocycles. The molecule has 172 valence electrons. The van der Waals surface area contributed by atoms with Gasteiger partial charge in [-0.1, -0.05) is 0 Å². The van der Waals surface area contributed by atoms with E-state index in [1.165, 1.54) is 44.9 Å². The highest BCUT2D eigenvalue weighted by molar-refractivity contribution is 5.92. The zero-order valence-corrected chi connectivity index (χ0v) is 18.0. The number of hydrogen-bond acceptors (Lipinski definition) is 11. The van der Waals surface area contributed by atoms with Crippen LogP contribution in [0.2, 0.25) is 0 Å². The fourth-order valence-corrected chi connectivity index (χ4v) is 3.16. The third-order valence-corrected chi connectivity index (χ3v) is 4.60. The molecule has 0 aromatic carbocycles.